The first-order valence-electron chi connectivity index (χ1n) is 9.90. The molecule has 2 aromatic heterocycles. The summed E-state index contributed by atoms with van der Waals surface area (Å²) in [5.74, 6) is 0.540. The molecule has 0 amide bonds. The lowest BCUT2D eigenvalue weighted by Crippen LogP contribution is -2.36. The smallest absolute Gasteiger partial charge is 0.254 e. The predicted octanol–water partition coefficient (Wildman–Crippen LogP) is 3.92. The second-order valence-corrected chi connectivity index (χ2v) is 7.78. The van der Waals surface area contributed by atoms with Crippen molar-refractivity contribution in [3.05, 3.63) is 93.1 Å². The Morgan fingerprint density at radius 1 is 1.03 bits per heavy atom. The topological polar surface area (TPSA) is 47.4 Å². The van der Waals surface area contributed by atoms with Crippen molar-refractivity contribution in [1.82, 2.24) is 14.5 Å². The van der Waals surface area contributed by atoms with Gasteiger partial charge in [0.05, 0.1) is 10.7 Å². The van der Waals surface area contributed by atoms with Gasteiger partial charge in [0, 0.05) is 31.5 Å². The average molecular weight is 410 g/mol. The van der Waals surface area contributed by atoms with Gasteiger partial charge in [0.2, 0.25) is 0 Å². The van der Waals surface area contributed by atoms with Crippen LogP contribution >= 0.6 is 11.6 Å². The predicted molar refractivity (Wildman–Crippen MR) is 114 cm³/mol. The Bertz CT molecular complexity index is 996. The van der Waals surface area contributed by atoms with Crippen LogP contribution in [0.15, 0.2) is 65.7 Å². The number of likely N-dealkylation sites (tertiary alicyclic amines) is 1. The van der Waals surface area contributed by atoms with Gasteiger partial charge < -0.3 is 9.30 Å². The Labute approximate surface area is 175 Å². The highest BCUT2D eigenvalue weighted by molar-refractivity contribution is 6.30. The lowest BCUT2D eigenvalue weighted by molar-refractivity contribution is 0.172. The van der Waals surface area contributed by atoms with Gasteiger partial charge in [0.15, 0.2) is 0 Å². The third kappa shape index (κ3) is 5.46. The van der Waals surface area contributed by atoms with Crippen LogP contribution in [-0.2, 0) is 26.1 Å². The maximum absolute atomic E-state index is 12.4. The van der Waals surface area contributed by atoms with Crippen LogP contribution < -0.4 is 10.3 Å². The van der Waals surface area contributed by atoms with Crippen molar-refractivity contribution in [3.63, 3.8) is 0 Å². The molecule has 0 spiro atoms. The molecule has 1 aliphatic heterocycles. The normalized spacial score (nSPS) is 13.8. The molecule has 29 heavy (non-hydrogen) atoms. The molecule has 0 radical (unpaired) electrons. The van der Waals surface area contributed by atoms with E-state index in [0.29, 0.717) is 23.9 Å². The minimum absolute atomic E-state index is 0.0685. The standard InChI is InChI=1S/C23H24ClN3O2/c24-20-6-7-21(25-15-20)17-29-22-9-13-27(23(28)14-22)12-8-18-2-4-19(5-3-18)16-26-10-1-11-26/h2-7,9,13-15H,1,8,10-12,16-17H2. The highest BCUT2D eigenvalue weighted by Gasteiger charge is 2.13. The molecule has 0 atom stereocenters. The molecule has 4 rings (SSSR count). The summed E-state index contributed by atoms with van der Waals surface area (Å²) < 4.78 is 7.38. The van der Waals surface area contributed by atoms with Crippen molar-refractivity contribution in [2.45, 2.75) is 32.5 Å². The number of halogens is 1. The van der Waals surface area contributed by atoms with Gasteiger partial charge in [-0.15, -0.1) is 0 Å². The zero-order valence-corrected chi connectivity index (χ0v) is 17.0. The van der Waals surface area contributed by atoms with Crippen LogP contribution in [0, 0.1) is 0 Å². The first-order chi connectivity index (χ1) is 14.2. The lowest BCUT2D eigenvalue weighted by atomic mass is 10.1. The molecule has 6 heteroatoms. The second kappa shape index (κ2) is 9.25. The van der Waals surface area contributed by atoms with Crippen molar-refractivity contribution >= 4 is 11.6 Å². The fourth-order valence-corrected chi connectivity index (χ4v) is 3.38. The summed E-state index contributed by atoms with van der Waals surface area (Å²) in [6.07, 6.45) is 5.49. The van der Waals surface area contributed by atoms with Crippen molar-refractivity contribution in [2.24, 2.45) is 0 Å². The summed E-state index contributed by atoms with van der Waals surface area (Å²) in [5, 5.41) is 0.585. The van der Waals surface area contributed by atoms with Gasteiger partial charge in [0.1, 0.15) is 12.4 Å². The highest BCUT2D eigenvalue weighted by atomic mass is 35.5. The van der Waals surface area contributed by atoms with E-state index >= 15 is 0 Å². The molecule has 0 bridgehead atoms. The molecule has 3 heterocycles. The molecule has 0 saturated carbocycles. The lowest BCUT2D eigenvalue weighted by Gasteiger charge is -2.30. The molecular weight excluding hydrogens is 386 g/mol. The van der Waals surface area contributed by atoms with Crippen LogP contribution in [0.25, 0.3) is 0 Å². The maximum Gasteiger partial charge on any atom is 0.254 e. The third-order valence-corrected chi connectivity index (χ3v) is 5.39. The Hall–Kier alpha value is -2.63. The number of benzene rings is 1. The fourth-order valence-electron chi connectivity index (χ4n) is 3.27. The van der Waals surface area contributed by atoms with E-state index in [9.17, 15) is 4.79 Å². The summed E-state index contributed by atoms with van der Waals surface area (Å²) in [5.41, 5.74) is 3.28. The number of nitrogens with zero attached hydrogens (tertiary/aromatic N) is 3. The monoisotopic (exact) mass is 409 g/mol. The molecule has 1 fully saturated rings. The van der Waals surface area contributed by atoms with E-state index in [1.54, 1.807) is 29.1 Å². The zero-order valence-electron chi connectivity index (χ0n) is 16.3. The number of ether oxygens (including phenoxy) is 1. The van der Waals surface area contributed by atoms with Crippen molar-refractivity contribution in [1.29, 1.82) is 0 Å². The van der Waals surface area contributed by atoms with Crippen molar-refractivity contribution in [2.75, 3.05) is 13.1 Å². The highest BCUT2D eigenvalue weighted by Crippen LogP contribution is 2.14. The molecule has 0 aliphatic carbocycles. The van der Waals surface area contributed by atoms with Crippen LogP contribution in [0.5, 0.6) is 5.75 Å². The van der Waals surface area contributed by atoms with Crippen molar-refractivity contribution < 1.29 is 4.74 Å². The fraction of sp³-hybridized carbons (Fsp3) is 0.304. The van der Waals surface area contributed by atoms with Gasteiger partial charge in [-0.3, -0.25) is 14.7 Å². The zero-order chi connectivity index (χ0) is 20.1. The maximum atomic E-state index is 12.4. The number of hydrogen-bond donors (Lipinski definition) is 0. The second-order valence-electron chi connectivity index (χ2n) is 7.35. The molecule has 1 aliphatic rings. The Morgan fingerprint density at radius 2 is 1.83 bits per heavy atom. The molecule has 1 saturated heterocycles. The first kappa shape index (κ1) is 19.7. The summed E-state index contributed by atoms with van der Waals surface area (Å²) in [6, 6.07) is 15.6. The van der Waals surface area contributed by atoms with Gasteiger partial charge in [-0.1, -0.05) is 35.9 Å². The quantitative estimate of drug-likeness (QED) is 0.565. The largest absolute Gasteiger partial charge is 0.487 e. The summed E-state index contributed by atoms with van der Waals surface area (Å²) in [4.78, 5) is 19.0. The van der Waals surface area contributed by atoms with Gasteiger partial charge in [-0.2, -0.15) is 0 Å². The van der Waals surface area contributed by atoms with E-state index in [1.807, 2.05) is 6.07 Å². The van der Waals surface area contributed by atoms with Gasteiger partial charge in [-0.25, -0.2) is 0 Å². The summed E-state index contributed by atoms with van der Waals surface area (Å²) in [7, 11) is 0. The molecule has 0 unspecified atom stereocenters. The average Bonchev–Trinajstić information content (AvgIpc) is 2.70. The summed E-state index contributed by atoms with van der Waals surface area (Å²) in [6.45, 7) is 4.39. The molecule has 150 valence electrons. The van der Waals surface area contributed by atoms with Crippen molar-refractivity contribution in [3.8, 4) is 5.75 Å². The van der Waals surface area contributed by atoms with E-state index in [0.717, 1.165) is 18.7 Å². The van der Waals surface area contributed by atoms with Crippen LogP contribution in [0.1, 0.15) is 23.2 Å². The molecule has 5 nitrogen and oxygen atoms in total. The van der Waals surface area contributed by atoms with Gasteiger partial charge in [0.25, 0.3) is 5.56 Å². The van der Waals surface area contributed by atoms with Gasteiger partial charge in [-0.05, 0) is 55.3 Å². The molecule has 1 aromatic carbocycles. The van der Waals surface area contributed by atoms with Crippen LogP contribution in [0.2, 0.25) is 5.02 Å². The SMILES string of the molecule is O=c1cc(OCc2ccc(Cl)cn2)ccn1CCc1ccc(CN2CCC2)cc1. The number of rotatable bonds is 8. The van der Waals surface area contributed by atoms with E-state index < -0.39 is 0 Å². The Kier molecular flexibility index (Phi) is 6.27. The molecule has 0 N–H and O–H groups in total. The number of aryl methyl sites for hydroxylation is 2. The van der Waals surface area contributed by atoms with Crippen LogP contribution in [0.4, 0.5) is 0 Å². The number of aromatic nitrogens is 2. The van der Waals surface area contributed by atoms with Gasteiger partial charge >= 0.3 is 0 Å². The molecular formula is C23H24ClN3O2. The summed E-state index contributed by atoms with van der Waals surface area (Å²) >= 11 is 5.83. The van der Waals surface area contributed by atoms with E-state index in [1.165, 1.54) is 36.7 Å². The van der Waals surface area contributed by atoms with E-state index in [4.69, 9.17) is 16.3 Å². The van der Waals surface area contributed by atoms with E-state index in [-0.39, 0.29) is 5.56 Å². The van der Waals surface area contributed by atoms with E-state index in [2.05, 4.69) is 34.1 Å². The third-order valence-electron chi connectivity index (χ3n) is 5.16. The number of hydrogen-bond acceptors (Lipinski definition) is 4. The Balaban J connectivity index is 1.29. The number of pyridine rings is 2. The van der Waals surface area contributed by atoms with Crippen LogP contribution in [0.3, 0.4) is 0 Å². The molecule has 3 aromatic rings. The minimum atomic E-state index is -0.0685. The first-order valence-corrected chi connectivity index (χ1v) is 10.3. The van der Waals surface area contributed by atoms with Crippen LogP contribution in [-0.4, -0.2) is 27.5 Å². The minimum Gasteiger partial charge on any atom is -0.487 e. The Morgan fingerprint density at radius 3 is 2.48 bits per heavy atom.